The van der Waals surface area contributed by atoms with Crippen LogP contribution in [0.1, 0.15) is 37.8 Å². The second kappa shape index (κ2) is 7.33. The number of thiazole rings is 1. The van der Waals surface area contributed by atoms with E-state index in [1.54, 1.807) is 0 Å². The van der Waals surface area contributed by atoms with E-state index in [4.69, 9.17) is 0 Å². The molecule has 6 heteroatoms. The highest BCUT2D eigenvalue weighted by Crippen LogP contribution is 2.27. The molecule has 3 rings (SSSR count). The van der Waals surface area contributed by atoms with Crippen LogP contribution in [0.2, 0.25) is 0 Å². The summed E-state index contributed by atoms with van der Waals surface area (Å²) < 4.78 is 0. The molecule has 5 nitrogen and oxygen atoms in total. The number of likely N-dealkylation sites (tertiary alicyclic amines) is 1. The number of nitrogens with one attached hydrogen (secondary N) is 2. The van der Waals surface area contributed by atoms with Crippen molar-refractivity contribution >= 4 is 22.4 Å². The molecule has 1 saturated heterocycles. The van der Waals surface area contributed by atoms with Gasteiger partial charge in [0, 0.05) is 11.9 Å². The van der Waals surface area contributed by atoms with Gasteiger partial charge in [-0.1, -0.05) is 6.42 Å². The summed E-state index contributed by atoms with van der Waals surface area (Å²) in [5.41, 5.74) is 1.07. The fraction of sp³-hybridized carbons (Fsp3) is 0.733. The minimum absolute atomic E-state index is 0.00882. The second-order valence-corrected chi connectivity index (χ2v) is 6.96. The average Bonchev–Trinajstić information content (AvgIpc) is 3.21. The lowest BCUT2D eigenvalue weighted by Gasteiger charge is -2.25. The van der Waals surface area contributed by atoms with Gasteiger partial charge in [0.2, 0.25) is 5.91 Å². The Labute approximate surface area is 130 Å². The molecule has 116 valence electrons. The Morgan fingerprint density at radius 1 is 1.33 bits per heavy atom. The standard InChI is InChI=1S/C15H24N4OS/c20-14(9-16-8-12-4-5-12)18-15-17-13(11-21-15)10-19-6-2-1-3-7-19/h11-12,16H,1-10H2,(H,17,18,20). The van der Waals surface area contributed by atoms with Crippen LogP contribution in [-0.2, 0) is 11.3 Å². The molecule has 1 saturated carbocycles. The number of piperidine rings is 1. The lowest BCUT2D eigenvalue weighted by atomic mass is 10.1. The highest BCUT2D eigenvalue weighted by atomic mass is 32.1. The fourth-order valence-corrected chi connectivity index (χ4v) is 3.38. The van der Waals surface area contributed by atoms with E-state index in [0.29, 0.717) is 6.54 Å². The van der Waals surface area contributed by atoms with Crippen molar-refractivity contribution in [3.8, 4) is 0 Å². The van der Waals surface area contributed by atoms with E-state index in [2.05, 4.69) is 25.9 Å². The van der Waals surface area contributed by atoms with Gasteiger partial charge in [0.25, 0.3) is 0 Å². The van der Waals surface area contributed by atoms with Crippen LogP contribution >= 0.6 is 11.3 Å². The van der Waals surface area contributed by atoms with Crippen molar-refractivity contribution in [2.45, 2.75) is 38.6 Å². The van der Waals surface area contributed by atoms with Gasteiger partial charge in [-0.25, -0.2) is 4.98 Å². The van der Waals surface area contributed by atoms with Crippen molar-refractivity contribution in [2.24, 2.45) is 5.92 Å². The van der Waals surface area contributed by atoms with Crippen molar-refractivity contribution in [3.05, 3.63) is 11.1 Å². The summed E-state index contributed by atoms with van der Waals surface area (Å²) in [5.74, 6) is 0.809. The zero-order valence-electron chi connectivity index (χ0n) is 12.4. The zero-order chi connectivity index (χ0) is 14.5. The van der Waals surface area contributed by atoms with E-state index in [-0.39, 0.29) is 5.91 Å². The highest BCUT2D eigenvalue weighted by molar-refractivity contribution is 7.13. The van der Waals surface area contributed by atoms with E-state index < -0.39 is 0 Å². The largest absolute Gasteiger partial charge is 0.308 e. The van der Waals surface area contributed by atoms with Gasteiger partial charge in [-0.05, 0) is 51.2 Å². The number of hydrogen-bond donors (Lipinski definition) is 2. The first kappa shape index (κ1) is 14.9. The van der Waals surface area contributed by atoms with Crippen molar-refractivity contribution < 1.29 is 4.79 Å². The molecule has 1 aromatic heterocycles. The van der Waals surface area contributed by atoms with Crippen LogP contribution in [0.5, 0.6) is 0 Å². The topological polar surface area (TPSA) is 57.3 Å². The monoisotopic (exact) mass is 308 g/mol. The van der Waals surface area contributed by atoms with Gasteiger partial charge in [0.05, 0.1) is 12.2 Å². The van der Waals surface area contributed by atoms with Crippen LogP contribution in [0.25, 0.3) is 0 Å². The number of hydrogen-bond acceptors (Lipinski definition) is 5. The summed E-state index contributed by atoms with van der Waals surface area (Å²) in [7, 11) is 0. The number of anilines is 1. The molecule has 21 heavy (non-hydrogen) atoms. The van der Waals surface area contributed by atoms with Crippen molar-refractivity contribution in [3.63, 3.8) is 0 Å². The molecule has 0 radical (unpaired) electrons. The number of amides is 1. The third-order valence-corrected chi connectivity index (χ3v) is 4.85. The van der Waals surface area contributed by atoms with Gasteiger partial charge < -0.3 is 10.6 Å². The molecule has 0 spiro atoms. The van der Waals surface area contributed by atoms with Crippen LogP contribution in [0.15, 0.2) is 5.38 Å². The van der Waals surface area contributed by atoms with Gasteiger partial charge in [-0.15, -0.1) is 11.3 Å². The fourth-order valence-electron chi connectivity index (χ4n) is 2.66. The third-order valence-electron chi connectivity index (χ3n) is 4.05. The van der Waals surface area contributed by atoms with E-state index >= 15 is 0 Å². The molecule has 1 aliphatic carbocycles. The predicted molar refractivity (Wildman–Crippen MR) is 85.5 cm³/mol. The molecule has 0 aromatic carbocycles. The maximum atomic E-state index is 11.8. The Kier molecular flexibility index (Phi) is 5.22. The summed E-state index contributed by atoms with van der Waals surface area (Å²) in [4.78, 5) is 18.8. The van der Waals surface area contributed by atoms with E-state index in [0.717, 1.165) is 29.8 Å². The zero-order valence-corrected chi connectivity index (χ0v) is 13.3. The summed E-state index contributed by atoms with van der Waals surface area (Å²) in [5, 5.41) is 8.86. The molecule has 0 bridgehead atoms. The van der Waals surface area contributed by atoms with Crippen molar-refractivity contribution in [1.82, 2.24) is 15.2 Å². The first-order chi connectivity index (χ1) is 10.3. The Morgan fingerprint density at radius 2 is 2.14 bits per heavy atom. The molecule has 0 atom stereocenters. The molecular formula is C15H24N4OS. The molecule has 0 unspecified atom stereocenters. The summed E-state index contributed by atoms with van der Waals surface area (Å²) >= 11 is 1.52. The SMILES string of the molecule is O=C(CNCC1CC1)Nc1nc(CN2CCCCC2)cs1. The molecule has 2 aliphatic rings. The Bertz CT molecular complexity index is 466. The van der Waals surface area contributed by atoms with Gasteiger partial charge in [-0.2, -0.15) is 0 Å². The molecular weight excluding hydrogens is 284 g/mol. The highest BCUT2D eigenvalue weighted by Gasteiger charge is 2.20. The van der Waals surface area contributed by atoms with Crippen molar-refractivity contribution in [1.29, 1.82) is 0 Å². The summed E-state index contributed by atoms with van der Waals surface area (Å²) in [6, 6.07) is 0. The number of nitrogens with zero attached hydrogens (tertiary/aromatic N) is 2. The molecule has 1 amide bonds. The van der Waals surface area contributed by atoms with Crippen molar-refractivity contribution in [2.75, 3.05) is 31.5 Å². The lowest BCUT2D eigenvalue weighted by Crippen LogP contribution is -2.30. The number of carbonyl (C=O) groups is 1. The van der Waals surface area contributed by atoms with E-state index in [1.807, 2.05) is 0 Å². The first-order valence-corrected chi connectivity index (χ1v) is 8.85. The number of aromatic nitrogens is 1. The quantitative estimate of drug-likeness (QED) is 0.809. The molecule has 1 aliphatic heterocycles. The van der Waals surface area contributed by atoms with Crippen LogP contribution in [0.3, 0.4) is 0 Å². The molecule has 1 aromatic rings. The lowest BCUT2D eigenvalue weighted by molar-refractivity contribution is -0.115. The van der Waals surface area contributed by atoms with Gasteiger partial charge in [-0.3, -0.25) is 9.69 Å². The van der Waals surface area contributed by atoms with Crippen LogP contribution in [0, 0.1) is 5.92 Å². The Balaban J connectivity index is 1.39. The Morgan fingerprint density at radius 3 is 2.90 bits per heavy atom. The van der Waals surface area contributed by atoms with Crippen LogP contribution in [0.4, 0.5) is 5.13 Å². The maximum absolute atomic E-state index is 11.8. The average molecular weight is 308 g/mol. The number of rotatable bonds is 7. The summed E-state index contributed by atoms with van der Waals surface area (Å²) in [6.45, 7) is 4.60. The summed E-state index contributed by atoms with van der Waals surface area (Å²) in [6.07, 6.45) is 6.55. The maximum Gasteiger partial charge on any atom is 0.240 e. The number of carbonyl (C=O) groups excluding carboxylic acids is 1. The molecule has 2 heterocycles. The van der Waals surface area contributed by atoms with Crippen LogP contribution in [-0.4, -0.2) is 42.0 Å². The minimum atomic E-state index is 0.00882. The van der Waals surface area contributed by atoms with E-state index in [9.17, 15) is 4.79 Å². The normalized spacial score (nSPS) is 19.6. The third kappa shape index (κ3) is 5.05. The van der Waals surface area contributed by atoms with E-state index in [1.165, 1.54) is 56.5 Å². The molecule has 2 N–H and O–H groups in total. The van der Waals surface area contributed by atoms with Gasteiger partial charge >= 0.3 is 0 Å². The minimum Gasteiger partial charge on any atom is -0.308 e. The van der Waals surface area contributed by atoms with Gasteiger partial charge in [0.15, 0.2) is 5.13 Å². The van der Waals surface area contributed by atoms with Crippen LogP contribution < -0.4 is 10.6 Å². The second-order valence-electron chi connectivity index (χ2n) is 6.10. The Hall–Kier alpha value is -0.980. The molecule has 2 fully saturated rings. The first-order valence-electron chi connectivity index (χ1n) is 7.97. The predicted octanol–water partition coefficient (Wildman–Crippen LogP) is 2.07. The smallest absolute Gasteiger partial charge is 0.240 e. The van der Waals surface area contributed by atoms with Gasteiger partial charge in [0.1, 0.15) is 0 Å².